The monoisotopic (exact) mass is 416 g/mol. The highest BCUT2D eigenvalue weighted by Crippen LogP contribution is 2.33. The van der Waals surface area contributed by atoms with E-state index in [2.05, 4.69) is 51.4 Å². The van der Waals surface area contributed by atoms with Gasteiger partial charge in [-0.1, -0.05) is 53.7 Å². The summed E-state index contributed by atoms with van der Waals surface area (Å²) in [6.07, 6.45) is 0. The summed E-state index contributed by atoms with van der Waals surface area (Å²) in [5.41, 5.74) is 5.12. The van der Waals surface area contributed by atoms with Gasteiger partial charge in [0.05, 0.1) is 26.2 Å². The van der Waals surface area contributed by atoms with Crippen LogP contribution < -0.4 is 9.80 Å². The predicted molar refractivity (Wildman–Crippen MR) is 118 cm³/mol. The van der Waals surface area contributed by atoms with Crippen molar-refractivity contribution < 1.29 is 13.8 Å². The molecule has 0 radical (unpaired) electrons. The molecule has 4 aromatic rings. The summed E-state index contributed by atoms with van der Waals surface area (Å²) < 4.78 is 11.5. The molecule has 1 N–H and O–H groups in total. The maximum Gasteiger partial charge on any atom is 0.271 e. The summed E-state index contributed by atoms with van der Waals surface area (Å²) in [7, 11) is 0. The Kier molecular flexibility index (Phi) is 5.26. The summed E-state index contributed by atoms with van der Waals surface area (Å²) in [4.78, 5) is 3.91. The number of benzene rings is 2. The minimum Gasteiger partial charge on any atom is -0.415 e. The van der Waals surface area contributed by atoms with Gasteiger partial charge in [0.1, 0.15) is 17.0 Å². The minimum atomic E-state index is 0.463. The van der Waals surface area contributed by atoms with Crippen LogP contribution in [0.1, 0.15) is 17.2 Å². The molecule has 0 atom stereocenters. The van der Waals surface area contributed by atoms with E-state index >= 15 is 0 Å². The van der Waals surface area contributed by atoms with E-state index < -0.39 is 0 Å². The molecule has 0 aliphatic carbocycles. The van der Waals surface area contributed by atoms with Crippen LogP contribution in [-0.2, 0) is 6.54 Å². The highest BCUT2D eigenvalue weighted by atomic mass is 16.5. The molecule has 158 valence electrons. The zero-order valence-corrected chi connectivity index (χ0v) is 17.8. The first-order valence-corrected chi connectivity index (χ1v) is 10.7. The lowest BCUT2D eigenvalue weighted by Gasteiger charge is -2.33. The van der Waals surface area contributed by atoms with Gasteiger partial charge in [-0.3, -0.25) is 0 Å². The molecule has 0 spiro atoms. The molecule has 1 aliphatic rings. The van der Waals surface area contributed by atoms with E-state index in [1.165, 1.54) is 16.2 Å². The van der Waals surface area contributed by atoms with Crippen molar-refractivity contribution in [3.05, 3.63) is 71.8 Å². The second-order valence-electron chi connectivity index (χ2n) is 8.03. The number of nitrogens with one attached hydrogen (secondary N) is 1. The van der Waals surface area contributed by atoms with Crippen molar-refractivity contribution in [2.75, 3.05) is 31.1 Å². The normalized spacial score (nSPS) is 14.8. The Morgan fingerprint density at radius 3 is 2.45 bits per heavy atom. The van der Waals surface area contributed by atoms with Gasteiger partial charge in [-0.05, 0) is 25.5 Å². The van der Waals surface area contributed by atoms with Gasteiger partial charge in [0.2, 0.25) is 0 Å². The Balaban J connectivity index is 1.28. The van der Waals surface area contributed by atoms with Crippen LogP contribution in [0.2, 0.25) is 0 Å². The van der Waals surface area contributed by atoms with E-state index in [4.69, 9.17) is 8.94 Å². The number of anilines is 1. The van der Waals surface area contributed by atoms with Crippen molar-refractivity contribution >= 4 is 5.69 Å². The number of aryl methyl sites for hydroxylation is 2. The van der Waals surface area contributed by atoms with Gasteiger partial charge in [0, 0.05) is 11.3 Å². The molecule has 5 rings (SSSR count). The number of rotatable bonds is 5. The van der Waals surface area contributed by atoms with E-state index in [1.807, 2.05) is 37.3 Å². The van der Waals surface area contributed by atoms with Gasteiger partial charge in [-0.2, -0.15) is 0 Å². The number of nitrogens with zero attached hydrogens (tertiary/aromatic N) is 4. The van der Waals surface area contributed by atoms with Gasteiger partial charge >= 0.3 is 0 Å². The van der Waals surface area contributed by atoms with E-state index in [0.29, 0.717) is 17.5 Å². The van der Waals surface area contributed by atoms with Crippen LogP contribution in [0, 0.1) is 13.8 Å². The number of hydrogen-bond acceptors (Lipinski definition) is 6. The molecule has 0 bridgehead atoms. The third kappa shape index (κ3) is 3.96. The molecule has 7 nitrogen and oxygen atoms in total. The van der Waals surface area contributed by atoms with Crippen molar-refractivity contribution in [1.82, 2.24) is 15.4 Å². The highest BCUT2D eigenvalue weighted by molar-refractivity contribution is 5.77. The van der Waals surface area contributed by atoms with Crippen LogP contribution in [0.4, 0.5) is 5.69 Å². The Labute approximate surface area is 181 Å². The molecule has 31 heavy (non-hydrogen) atoms. The molecule has 0 saturated carbocycles. The van der Waals surface area contributed by atoms with E-state index in [1.54, 1.807) is 0 Å². The van der Waals surface area contributed by atoms with Crippen molar-refractivity contribution in [3.63, 3.8) is 0 Å². The van der Waals surface area contributed by atoms with Crippen LogP contribution in [0.15, 0.2) is 63.5 Å². The van der Waals surface area contributed by atoms with Gasteiger partial charge in [-0.15, -0.1) is 10.2 Å². The number of aromatic nitrogens is 3. The lowest BCUT2D eigenvalue weighted by Crippen LogP contribution is -3.13. The molecule has 2 aromatic heterocycles. The maximum absolute atomic E-state index is 6.05. The zero-order valence-electron chi connectivity index (χ0n) is 17.8. The van der Waals surface area contributed by atoms with Crippen LogP contribution >= 0.6 is 0 Å². The van der Waals surface area contributed by atoms with E-state index in [9.17, 15) is 0 Å². The molecule has 1 saturated heterocycles. The number of quaternary nitrogens is 1. The molecule has 0 amide bonds. The molecule has 1 aliphatic heterocycles. The summed E-state index contributed by atoms with van der Waals surface area (Å²) in [6.45, 7) is 8.87. The summed E-state index contributed by atoms with van der Waals surface area (Å²) in [5.74, 6) is 1.78. The van der Waals surface area contributed by atoms with Crippen LogP contribution in [0.5, 0.6) is 0 Å². The van der Waals surface area contributed by atoms with Crippen molar-refractivity contribution in [2.24, 2.45) is 0 Å². The fourth-order valence-electron chi connectivity index (χ4n) is 4.22. The Bertz CT molecular complexity index is 1160. The Morgan fingerprint density at radius 1 is 0.935 bits per heavy atom. The molecular weight excluding hydrogens is 390 g/mol. The SMILES string of the molecule is Cc1ccccc1N1CC[NH+](Cc2nnc(-c3c(-c4ccccc4)noc3C)o2)CC1. The zero-order chi connectivity index (χ0) is 21.2. The average molecular weight is 417 g/mol. The van der Waals surface area contributed by atoms with Gasteiger partial charge in [0.15, 0.2) is 6.54 Å². The highest BCUT2D eigenvalue weighted by Gasteiger charge is 2.25. The molecule has 3 heterocycles. The summed E-state index contributed by atoms with van der Waals surface area (Å²) in [5, 5.41) is 12.8. The van der Waals surface area contributed by atoms with Crippen molar-refractivity contribution in [2.45, 2.75) is 20.4 Å². The third-order valence-electron chi connectivity index (χ3n) is 5.92. The number of para-hydroxylation sites is 1. The largest absolute Gasteiger partial charge is 0.415 e. The fraction of sp³-hybridized carbons (Fsp3) is 0.292. The van der Waals surface area contributed by atoms with Gasteiger partial charge < -0.3 is 18.7 Å². The number of piperazine rings is 1. The summed E-state index contributed by atoms with van der Waals surface area (Å²) in [6, 6.07) is 18.5. The lowest BCUT2D eigenvalue weighted by molar-refractivity contribution is -0.915. The molecule has 7 heteroatoms. The Morgan fingerprint density at radius 2 is 1.68 bits per heavy atom. The number of hydrogen-bond donors (Lipinski definition) is 1. The van der Waals surface area contributed by atoms with Gasteiger partial charge in [0.25, 0.3) is 11.8 Å². The quantitative estimate of drug-likeness (QED) is 0.539. The van der Waals surface area contributed by atoms with Crippen LogP contribution in [0.25, 0.3) is 22.7 Å². The molecule has 1 fully saturated rings. The van der Waals surface area contributed by atoms with E-state index in [-0.39, 0.29) is 0 Å². The maximum atomic E-state index is 6.05. The van der Waals surface area contributed by atoms with Crippen LogP contribution in [0.3, 0.4) is 0 Å². The van der Waals surface area contributed by atoms with Crippen LogP contribution in [-0.4, -0.2) is 41.5 Å². The second kappa shape index (κ2) is 8.35. The first-order chi connectivity index (χ1) is 15.2. The van der Waals surface area contributed by atoms with Crippen molar-refractivity contribution in [1.29, 1.82) is 0 Å². The van der Waals surface area contributed by atoms with E-state index in [0.717, 1.165) is 49.5 Å². The minimum absolute atomic E-state index is 0.463. The molecule has 2 aromatic carbocycles. The predicted octanol–water partition coefficient (Wildman–Crippen LogP) is 2.91. The Hall–Kier alpha value is -3.45. The fourth-order valence-corrected chi connectivity index (χ4v) is 4.22. The average Bonchev–Trinajstić information content (AvgIpc) is 3.41. The second-order valence-corrected chi connectivity index (χ2v) is 8.03. The standard InChI is InChI=1S/C24H25N5O2/c1-17-8-6-7-11-20(17)29-14-12-28(13-15-29)16-21-25-26-24(30-21)22-18(2)31-27-23(22)19-9-4-3-5-10-19/h3-11H,12-16H2,1-2H3/p+1. The smallest absolute Gasteiger partial charge is 0.271 e. The molecule has 0 unspecified atom stereocenters. The summed E-state index contributed by atoms with van der Waals surface area (Å²) >= 11 is 0. The van der Waals surface area contributed by atoms with Gasteiger partial charge in [-0.25, -0.2) is 0 Å². The molecular formula is C24H26N5O2+. The van der Waals surface area contributed by atoms with Crippen molar-refractivity contribution in [3.8, 4) is 22.7 Å². The first-order valence-electron chi connectivity index (χ1n) is 10.7. The lowest BCUT2D eigenvalue weighted by atomic mass is 10.1. The first kappa shape index (κ1) is 19.5. The topological polar surface area (TPSA) is 72.6 Å². The third-order valence-corrected chi connectivity index (χ3v) is 5.92.